The van der Waals surface area contributed by atoms with E-state index in [0.29, 0.717) is 0 Å². The average molecular weight is 307 g/mol. The van der Waals surface area contributed by atoms with Gasteiger partial charge in [-0.25, -0.2) is 17.5 Å². The van der Waals surface area contributed by atoms with Gasteiger partial charge in [-0.05, 0) is 31.5 Å². The van der Waals surface area contributed by atoms with Crippen LogP contribution in [0.25, 0.3) is 0 Å². The number of sulfonamides is 1. The molecule has 1 aromatic carbocycles. The van der Waals surface area contributed by atoms with Gasteiger partial charge in [0.25, 0.3) is 0 Å². The Labute approximate surface area is 117 Å². The van der Waals surface area contributed by atoms with Crippen molar-refractivity contribution in [2.24, 2.45) is 0 Å². The molecule has 1 heterocycles. The van der Waals surface area contributed by atoms with E-state index < -0.39 is 20.7 Å². The van der Waals surface area contributed by atoms with Crippen LogP contribution in [0.3, 0.4) is 0 Å². The van der Waals surface area contributed by atoms with Crippen molar-refractivity contribution in [3.63, 3.8) is 0 Å². The van der Waals surface area contributed by atoms with Crippen LogP contribution < -0.4 is 10.0 Å². The molecule has 7 heteroatoms. The summed E-state index contributed by atoms with van der Waals surface area (Å²) in [5, 5.41) is 3.03. The fraction of sp³-hybridized carbons (Fsp3) is 0.500. The van der Waals surface area contributed by atoms with Crippen LogP contribution in [0.5, 0.6) is 0 Å². The van der Waals surface area contributed by atoms with Crippen molar-refractivity contribution >= 4 is 21.6 Å². The van der Waals surface area contributed by atoms with Crippen molar-refractivity contribution in [3.8, 4) is 0 Å². The van der Waals surface area contributed by atoms with Gasteiger partial charge in [-0.3, -0.25) is 0 Å². The summed E-state index contributed by atoms with van der Waals surface area (Å²) in [7, 11) is -3.86. The normalized spacial score (nSPS) is 20.4. The Kier molecular flexibility index (Phi) is 4.78. The van der Waals surface area contributed by atoms with Crippen LogP contribution >= 0.6 is 11.6 Å². The summed E-state index contributed by atoms with van der Waals surface area (Å²) in [6.07, 6.45) is 3.09. The Morgan fingerprint density at radius 2 is 2.21 bits per heavy atom. The number of halogens is 2. The standard InChI is InChI=1S/C12H16ClFN2O2S/c13-10-5-3-6-11(12(10)14)19(17,18)16-8-9-4-1-2-7-15-9/h3,5-6,9,15-16H,1-2,4,7-8H2. The van der Waals surface area contributed by atoms with Crippen LogP contribution in [0.2, 0.25) is 5.02 Å². The van der Waals surface area contributed by atoms with E-state index in [4.69, 9.17) is 11.6 Å². The van der Waals surface area contributed by atoms with Crippen LogP contribution in [-0.2, 0) is 10.0 Å². The summed E-state index contributed by atoms with van der Waals surface area (Å²) < 4.78 is 40.1. The smallest absolute Gasteiger partial charge is 0.243 e. The van der Waals surface area contributed by atoms with Gasteiger partial charge in [-0.15, -0.1) is 0 Å². The third-order valence-electron chi connectivity index (χ3n) is 3.14. The molecule has 2 rings (SSSR count). The second-order valence-electron chi connectivity index (χ2n) is 4.55. The molecule has 0 saturated carbocycles. The zero-order valence-corrected chi connectivity index (χ0v) is 11.9. The van der Waals surface area contributed by atoms with Crippen LogP contribution in [0.1, 0.15) is 19.3 Å². The molecule has 0 spiro atoms. The van der Waals surface area contributed by atoms with Gasteiger partial charge in [0, 0.05) is 12.6 Å². The maximum absolute atomic E-state index is 13.7. The first-order chi connectivity index (χ1) is 9.00. The molecular weight excluding hydrogens is 291 g/mol. The molecule has 1 aliphatic rings. The molecule has 2 N–H and O–H groups in total. The molecule has 4 nitrogen and oxygen atoms in total. The van der Waals surface area contributed by atoms with Gasteiger partial charge >= 0.3 is 0 Å². The van der Waals surface area contributed by atoms with Crippen LogP contribution in [0.4, 0.5) is 4.39 Å². The molecule has 0 aromatic heterocycles. The van der Waals surface area contributed by atoms with Gasteiger partial charge in [-0.1, -0.05) is 24.1 Å². The predicted octanol–water partition coefficient (Wildman–Crippen LogP) is 1.90. The number of rotatable bonds is 4. The summed E-state index contributed by atoms with van der Waals surface area (Å²) in [6.45, 7) is 1.15. The van der Waals surface area contributed by atoms with Gasteiger partial charge in [0.2, 0.25) is 10.0 Å². The maximum Gasteiger partial charge on any atom is 0.243 e. The molecule has 1 aliphatic heterocycles. The van der Waals surface area contributed by atoms with Crippen LogP contribution in [-0.4, -0.2) is 27.5 Å². The first-order valence-corrected chi connectivity index (χ1v) is 8.04. The first-order valence-electron chi connectivity index (χ1n) is 6.18. The maximum atomic E-state index is 13.7. The molecule has 0 bridgehead atoms. The SMILES string of the molecule is O=S(=O)(NCC1CCCCN1)c1cccc(Cl)c1F. The van der Waals surface area contributed by atoms with Crippen LogP contribution in [0.15, 0.2) is 23.1 Å². The van der Waals surface area contributed by atoms with Gasteiger partial charge in [0.05, 0.1) is 5.02 Å². The molecule has 1 aromatic rings. The predicted molar refractivity (Wildman–Crippen MR) is 72.2 cm³/mol. The first kappa shape index (κ1) is 14.7. The highest BCUT2D eigenvalue weighted by Gasteiger charge is 2.22. The fourth-order valence-corrected chi connectivity index (χ4v) is 3.49. The highest BCUT2D eigenvalue weighted by molar-refractivity contribution is 7.89. The molecule has 1 saturated heterocycles. The molecule has 0 amide bonds. The van der Waals surface area contributed by atoms with E-state index >= 15 is 0 Å². The monoisotopic (exact) mass is 306 g/mol. The summed E-state index contributed by atoms with van der Waals surface area (Å²) >= 11 is 5.59. The van der Waals surface area contributed by atoms with E-state index in [-0.39, 0.29) is 17.6 Å². The minimum atomic E-state index is -3.86. The Morgan fingerprint density at radius 3 is 2.89 bits per heavy atom. The lowest BCUT2D eigenvalue weighted by molar-refractivity contribution is 0.398. The lowest BCUT2D eigenvalue weighted by Crippen LogP contribution is -2.43. The molecule has 1 atom stereocenters. The highest BCUT2D eigenvalue weighted by atomic mass is 35.5. The third-order valence-corrected chi connectivity index (χ3v) is 4.87. The van der Waals surface area contributed by atoms with Crippen molar-refractivity contribution in [1.82, 2.24) is 10.0 Å². The molecular formula is C12H16ClFN2O2S. The topological polar surface area (TPSA) is 58.2 Å². The second-order valence-corrected chi connectivity index (χ2v) is 6.69. The van der Waals surface area contributed by atoms with Crippen molar-refractivity contribution in [1.29, 1.82) is 0 Å². The van der Waals surface area contributed by atoms with Crippen molar-refractivity contribution in [2.45, 2.75) is 30.2 Å². The second kappa shape index (κ2) is 6.17. The largest absolute Gasteiger partial charge is 0.313 e. The minimum Gasteiger partial charge on any atom is -0.313 e. The van der Waals surface area contributed by atoms with E-state index in [0.717, 1.165) is 25.8 Å². The van der Waals surface area contributed by atoms with Crippen LogP contribution in [0, 0.1) is 5.82 Å². The molecule has 1 unspecified atom stereocenters. The summed E-state index contributed by atoms with van der Waals surface area (Å²) in [5.41, 5.74) is 0. The van der Waals surface area contributed by atoms with E-state index in [1.54, 1.807) is 0 Å². The Morgan fingerprint density at radius 1 is 1.42 bits per heavy atom. The number of hydrogen-bond acceptors (Lipinski definition) is 3. The van der Waals surface area contributed by atoms with E-state index in [1.807, 2.05) is 0 Å². The van der Waals surface area contributed by atoms with Crippen molar-refractivity contribution in [2.75, 3.05) is 13.1 Å². The molecule has 19 heavy (non-hydrogen) atoms. The number of piperidine rings is 1. The number of nitrogens with one attached hydrogen (secondary N) is 2. The zero-order chi connectivity index (χ0) is 13.9. The summed E-state index contributed by atoms with van der Waals surface area (Å²) in [4.78, 5) is -0.407. The zero-order valence-electron chi connectivity index (χ0n) is 10.3. The molecule has 0 aliphatic carbocycles. The highest BCUT2D eigenvalue weighted by Crippen LogP contribution is 2.21. The Bertz CT molecular complexity index is 545. The van der Waals surface area contributed by atoms with Gasteiger partial charge in [-0.2, -0.15) is 0 Å². The summed E-state index contributed by atoms with van der Waals surface area (Å²) in [6, 6.07) is 4.04. The lowest BCUT2D eigenvalue weighted by atomic mass is 10.1. The lowest BCUT2D eigenvalue weighted by Gasteiger charge is -2.23. The number of benzene rings is 1. The third kappa shape index (κ3) is 3.66. The average Bonchev–Trinajstić information content (AvgIpc) is 2.41. The van der Waals surface area contributed by atoms with E-state index in [1.165, 1.54) is 18.2 Å². The van der Waals surface area contributed by atoms with Gasteiger partial charge < -0.3 is 5.32 Å². The fourth-order valence-electron chi connectivity index (χ4n) is 2.08. The van der Waals surface area contributed by atoms with Gasteiger partial charge in [0.1, 0.15) is 4.90 Å². The minimum absolute atomic E-state index is 0.103. The Hall–Kier alpha value is -0.690. The summed E-state index contributed by atoms with van der Waals surface area (Å²) in [5.74, 6) is -0.909. The van der Waals surface area contributed by atoms with Gasteiger partial charge in [0.15, 0.2) is 5.82 Å². The van der Waals surface area contributed by atoms with E-state index in [9.17, 15) is 12.8 Å². The quantitative estimate of drug-likeness (QED) is 0.893. The van der Waals surface area contributed by atoms with Crippen molar-refractivity contribution < 1.29 is 12.8 Å². The molecule has 106 valence electrons. The molecule has 1 fully saturated rings. The number of hydrogen-bond donors (Lipinski definition) is 2. The van der Waals surface area contributed by atoms with E-state index in [2.05, 4.69) is 10.0 Å². The molecule has 0 radical (unpaired) electrons. The Balaban J connectivity index is 2.07. The van der Waals surface area contributed by atoms with Crippen molar-refractivity contribution in [3.05, 3.63) is 29.0 Å².